The van der Waals surface area contributed by atoms with Crippen molar-refractivity contribution < 1.29 is 0 Å². The average molecular weight is 248 g/mol. The van der Waals surface area contributed by atoms with Gasteiger partial charge in [-0.25, -0.2) is 9.97 Å². The van der Waals surface area contributed by atoms with Gasteiger partial charge in [-0.2, -0.15) is 0 Å². The van der Waals surface area contributed by atoms with Crippen LogP contribution in [0.1, 0.15) is 57.9 Å². The lowest BCUT2D eigenvalue weighted by atomic mass is 10.0. The van der Waals surface area contributed by atoms with Crippen LogP contribution >= 0.6 is 0 Å². The Hall–Kier alpha value is -1.32. The van der Waals surface area contributed by atoms with Gasteiger partial charge in [-0.05, 0) is 25.2 Å². The summed E-state index contributed by atoms with van der Waals surface area (Å²) < 4.78 is 0. The van der Waals surface area contributed by atoms with Gasteiger partial charge >= 0.3 is 0 Å². The zero-order valence-corrected chi connectivity index (χ0v) is 11.7. The summed E-state index contributed by atoms with van der Waals surface area (Å²) in [6.45, 7) is 7.62. The summed E-state index contributed by atoms with van der Waals surface area (Å²) in [6.07, 6.45) is 6.58. The number of hydrogen-bond acceptors (Lipinski definition) is 4. The maximum absolute atomic E-state index is 6.03. The molecule has 1 aliphatic carbocycles. The van der Waals surface area contributed by atoms with E-state index in [4.69, 9.17) is 5.73 Å². The topological polar surface area (TPSA) is 55.0 Å². The summed E-state index contributed by atoms with van der Waals surface area (Å²) in [4.78, 5) is 11.1. The van der Waals surface area contributed by atoms with Crippen LogP contribution in [0.2, 0.25) is 0 Å². The minimum Gasteiger partial charge on any atom is -0.383 e. The van der Waals surface area contributed by atoms with E-state index in [2.05, 4.69) is 35.6 Å². The molecule has 1 heterocycles. The van der Waals surface area contributed by atoms with Crippen LogP contribution in [0.15, 0.2) is 6.33 Å². The third kappa shape index (κ3) is 2.74. The second kappa shape index (κ2) is 5.55. The van der Waals surface area contributed by atoms with Crippen molar-refractivity contribution in [2.45, 2.75) is 58.4 Å². The Bertz CT molecular complexity index is 399. The van der Waals surface area contributed by atoms with E-state index in [0.29, 0.717) is 17.8 Å². The molecular weight excluding hydrogens is 224 g/mol. The second-order valence-electron chi connectivity index (χ2n) is 5.43. The van der Waals surface area contributed by atoms with Crippen molar-refractivity contribution in [2.75, 3.05) is 17.2 Å². The lowest BCUT2D eigenvalue weighted by Gasteiger charge is -2.27. The average Bonchev–Trinajstić information content (AvgIpc) is 3.13. The highest BCUT2D eigenvalue weighted by atomic mass is 15.2. The zero-order chi connectivity index (χ0) is 13.1. The maximum atomic E-state index is 6.03. The van der Waals surface area contributed by atoms with Gasteiger partial charge in [0.25, 0.3) is 0 Å². The molecule has 0 aliphatic heterocycles. The number of nitrogens with zero attached hydrogens (tertiary/aromatic N) is 3. The summed E-state index contributed by atoms with van der Waals surface area (Å²) in [6, 6.07) is 0.670. The minimum atomic E-state index is 0.365. The predicted molar refractivity (Wildman–Crippen MR) is 75.8 cm³/mol. The van der Waals surface area contributed by atoms with Gasteiger partial charge in [0.15, 0.2) is 0 Å². The van der Waals surface area contributed by atoms with Crippen LogP contribution in [0.25, 0.3) is 0 Å². The monoisotopic (exact) mass is 248 g/mol. The first-order valence-corrected chi connectivity index (χ1v) is 7.02. The van der Waals surface area contributed by atoms with E-state index in [1.54, 1.807) is 6.33 Å². The van der Waals surface area contributed by atoms with Crippen molar-refractivity contribution >= 4 is 11.6 Å². The summed E-state index contributed by atoms with van der Waals surface area (Å²) in [7, 11) is 0. The summed E-state index contributed by atoms with van der Waals surface area (Å²) >= 11 is 0. The van der Waals surface area contributed by atoms with Crippen LogP contribution in [-0.4, -0.2) is 22.6 Å². The molecule has 1 saturated carbocycles. The van der Waals surface area contributed by atoms with Gasteiger partial charge in [-0.1, -0.05) is 27.2 Å². The first-order valence-electron chi connectivity index (χ1n) is 7.02. The van der Waals surface area contributed by atoms with Crippen molar-refractivity contribution in [1.29, 1.82) is 0 Å². The fourth-order valence-electron chi connectivity index (χ4n) is 2.36. The molecule has 1 aliphatic rings. The Kier molecular flexibility index (Phi) is 4.04. The minimum absolute atomic E-state index is 0.365. The molecule has 0 aromatic carbocycles. The third-order valence-electron chi connectivity index (χ3n) is 3.48. The Morgan fingerprint density at radius 2 is 2.11 bits per heavy atom. The number of rotatable bonds is 6. The quantitative estimate of drug-likeness (QED) is 0.841. The number of aromatic nitrogens is 2. The molecule has 0 unspecified atom stereocenters. The SMILES string of the molecule is CCCCN(c1ncnc(N)c1C(C)C)C1CC1. The smallest absolute Gasteiger partial charge is 0.137 e. The standard InChI is InChI=1S/C14H24N4/c1-4-5-8-18(11-6-7-11)14-12(10(2)3)13(15)16-9-17-14/h9-11H,4-8H2,1-3H3,(H2,15,16,17). The van der Waals surface area contributed by atoms with Crippen LogP contribution in [0.5, 0.6) is 0 Å². The van der Waals surface area contributed by atoms with Gasteiger partial charge in [0, 0.05) is 18.2 Å². The van der Waals surface area contributed by atoms with Gasteiger partial charge in [0.05, 0.1) is 0 Å². The highest BCUT2D eigenvalue weighted by Gasteiger charge is 2.31. The van der Waals surface area contributed by atoms with Crippen molar-refractivity contribution in [3.8, 4) is 0 Å². The summed E-state index contributed by atoms with van der Waals surface area (Å²) in [5, 5.41) is 0. The highest BCUT2D eigenvalue weighted by Crippen LogP contribution is 2.36. The molecule has 0 amide bonds. The number of unbranched alkanes of at least 4 members (excludes halogenated alkanes) is 1. The van der Waals surface area contributed by atoms with Gasteiger partial charge < -0.3 is 10.6 Å². The molecule has 0 atom stereocenters. The first kappa shape index (κ1) is 13.1. The largest absolute Gasteiger partial charge is 0.383 e. The van der Waals surface area contributed by atoms with E-state index in [1.807, 2.05) is 0 Å². The lowest BCUT2D eigenvalue weighted by molar-refractivity contribution is 0.693. The second-order valence-corrected chi connectivity index (χ2v) is 5.43. The molecule has 4 heteroatoms. The Morgan fingerprint density at radius 1 is 1.39 bits per heavy atom. The molecule has 100 valence electrons. The van der Waals surface area contributed by atoms with E-state index >= 15 is 0 Å². The van der Waals surface area contributed by atoms with E-state index in [1.165, 1.54) is 25.7 Å². The predicted octanol–water partition coefficient (Wildman–Crippen LogP) is 2.95. The van der Waals surface area contributed by atoms with Gasteiger partial charge in [0.1, 0.15) is 18.0 Å². The molecular formula is C14H24N4. The molecule has 0 radical (unpaired) electrons. The van der Waals surface area contributed by atoms with Crippen molar-refractivity contribution in [3.63, 3.8) is 0 Å². The Morgan fingerprint density at radius 3 is 2.67 bits per heavy atom. The van der Waals surface area contributed by atoms with E-state index in [-0.39, 0.29) is 0 Å². The number of nitrogen functional groups attached to an aromatic ring is 1. The molecule has 0 bridgehead atoms. The highest BCUT2D eigenvalue weighted by molar-refractivity contribution is 5.59. The third-order valence-corrected chi connectivity index (χ3v) is 3.48. The van der Waals surface area contributed by atoms with Crippen LogP contribution in [0, 0.1) is 0 Å². The number of nitrogens with two attached hydrogens (primary N) is 1. The molecule has 0 spiro atoms. The fraction of sp³-hybridized carbons (Fsp3) is 0.714. The van der Waals surface area contributed by atoms with Crippen LogP contribution in [0.3, 0.4) is 0 Å². The van der Waals surface area contributed by atoms with Crippen LogP contribution in [0.4, 0.5) is 11.6 Å². The molecule has 4 nitrogen and oxygen atoms in total. The molecule has 2 rings (SSSR count). The molecule has 0 saturated heterocycles. The normalized spacial score (nSPS) is 15.1. The molecule has 18 heavy (non-hydrogen) atoms. The van der Waals surface area contributed by atoms with E-state index in [0.717, 1.165) is 17.9 Å². The molecule has 1 aromatic rings. The van der Waals surface area contributed by atoms with Crippen LogP contribution < -0.4 is 10.6 Å². The van der Waals surface area contributed by atoms with Crippen molar-refractivity contribution in [1.82, 2.24) is 9.97 Å². The van der Waals surface area contributed by atoms with Gasteiger partial charge in [-0.15, -0.1) is 0 Å². The molecule has 1 aromatic heterocycles. The van der Waals surface area contributed by atoms with Gasteiger partial charge in [0.2, 0.25) is 0 Å². The Labute approximate surface area is 110 Å². The summed E-state index contributed by atoms with van der Waals surface area (Å²) in [5.74, 6) is 2.06. The van der Waals surface area contributed by atoms with Crippen molar-refractivity contribution in [2.24, 2.45) is 0 Å². The number of anilines is 2. The maximum Gasteiger partial charge on any atom is 0.137 e. The van der Waals surface area contributed by atoms with E-state index < -0.39 is 0 Å². The van der Waals surface area contributed by atoms with Crippen LogP contribution in [-0.2, 0) is 0 Å². The lowest BCUT2D eigenvalue weighted by Crippen LogP contribution is -2.29. The van der Waals surface area contributed by atoms with Gasteiger partial charge in [-0.3, -0.25) is 0 Å². The summed E-state index contributed by atoms with van der Waals surface area (Å²) in [5.41, 5.74) is 7.14. The molecule has 1 fully saturated rings. The molecule has 2 N–H and O–H groups in total. The number of hydrogen-bond donors (Lipinski definition) is 1. The first-order chi connectivity index (χ1) is 8.65. The van der Waals surface area contributed by atoms with Crippen molar-refractivity contribution in [3.05, 3.63) is 11.9 Å². The Balaban J connectivity index is 2.31. The zero-order valence-electron chi connectivity index (χ0n) is 11.7. The van der Waals surface area contributed by atoms with E-state index in [9.17, 15) is 0 Å². The fourth-order valence-corrected chi connectivity index (χ4v) is 2.36.